The molecule has 0 rings (SSSR count). The van der Waals surface area contributed by atoms with E-state index in [9.17, 15) is 0 Å². The van der Waals surface area contributed by atoms with E-state index >= 15 is 0 Å². The smallest absolute Gasteiger partial charge is 0.0165 e. The molecule has 0 heteroatoms. The van der Waals surface area contributed by atoms with Crippen molar-refractivity contribution in [3.63, 3.8) is 0 Å². The second-order valence-corrected chi connectivity index (χ2v) is 6.57. The lowest BCUT2D eigenvalue weighted by atomic mass is 9.89. The minimum Gasteiger partial charge on any atom is -0.0958 e. The summed E-state index contributed by atoms with van der Waals surface area (Å²) in [5.41, 5.74) is 2.80. The van der Waals surface area contributed by atoms with E-state index in [1.54, 1.807) is 0 Å². The largest absolute Gasteiger partial charge is 0.0958 e. The van der Waals surface area contributed by atoms with Crippen LogP contribution >= 0.6 is 0 Å². The molecule has 23 heavy (non-hydrogen) atoms. The van der Waals surface area contributed by atoms with Crippen molar-refractivity contribution in [3.8, 4) is 0 Å². The van der Waals surface area contributed by atoms with Crippen LogP contribution in [0.3, 0.4) is 0 Å². The molecule has 0 aliphatic heterocycles. The lowest BCUT2D eigenvalue weighted by Gasteiger charge is -2.16. The third-order valence-electron chi connectivity index (χ3n) is 4.44. The van der Waals surface area contributed by atoms with Crippen LogP contribution in [0.1, 0.15) is 106 Å². The molecule has 136 valence electrons. The lowest BCUT2D eigenvalue weighted by molar-refractivity contribution is 0.512. The van der Waals surface area contributed by atoms with Gasteiger partial charge in [0.25, 0.3) is 0 Å². The average Bonchev–Trinajstić information content (AvgIpc) is 2.51. The number of hydrogen-bond acceptors (Lipinski definition) is 0. The van der Waals surface area contributed by atoms with Gasteiger partial charge < -0.3 is 0 Å². The van der Waals surface area contributed by atoms with Gasteiger partial charge in [0.15, 0.2) is 0 Å². The SMILES string of the molecule is C.C=C(/C=C\C(=C/C)C(CCC)CCC)CCCCCCCC. The number of hydrogen-bond donors (Lipinski definition) is 0. The molecular weight excluding hydrogens is 276 g/mol. The molecule has 0 fully saturated rings. The summed E-state index contributed by atoms with van der Waals surface area (Å²) in [7, 11) is 0. The zero-order valence-corrected chi connectivity index (χ0v) is 15.8. The van der Waals surface area contributed by atoms with Gasteiger partial charge in [-0.25, -0.2) is 0 Å². The van der Waals surface area contributed by atoms with Crippen molar-refractivity contribution < 1.29 is 0 Å². The average molecular weight is 321 g/mol. The molecule has 0 atom stereocenters. The summed E-state index contributed by atoms with van der Waals surface area (Å²) in [6.07, 6.45) is 21.4. The van der Waals surface area contributed by atoms with E-state index in [1.165, 1.54) is 75.4 Å². The van der Waals surface area contributed by atoms with Gasteiger partial charge in [-0.3, -0.25) is 0 Å². The van der Waals surface area contributed by atoms with Gasteiger partial charge in [-0.1, -0.05) is 104 Å². The van der Waals surface area contributed by atoms with E-state index in [1.807, 2.05) is 0 Å². The van der Waals surface area contributed by atoms with Crippen molar-refractivity contribution in [2.24, 2.45) is 5.92 Å². The summed E-state index contributed by atoms with van der Waals surface area (Å²) in [5.74, 6) is 0.734. The van der Waals surface area contributed by atoms with Crippen LogP contribution in [0.4, 0.5) is 0 Å². The Labute approximate surface area is 148 Å². The van der Waals surface area contributed by atoms with Crippen LogP contribution in [0.25, 0.3) is 0 Å². The van der Waals surface area contributed by atoms with Crippen LogP contribution in [0.5, 0.6) is 0 Å². The Kier molecular flexibility index (Phi) is 18.7. The highest BCUT2D eigenvalue weighted by atomic mass is 14.1. The predicted molar refractivity (Wildman–Crippen MR) is 110 cm³/mol. The standard InChI is InChI=1S/C22H40.CH4/c1-6-10-11-12-13-14-17-20(5)18-19-21(9-4)22(15-7-2)16-8-3;/h9,18-19,22H,5-8,10-17H2,1-4H3;1H4/b19-18-,21-9+;. The number of rotatable bonds is 14. The van der Waals surface area contributed by atoms with E-state index in [4.69, 9.17) is 0 Å². The van der Waals surface area contributed by atoms with Crippen molar-refractivity contribution >= 4 is 0 Å². The molecule has 0 bridgehead atoms. The van der Waals surface area contributed by atoms with Gasteiger partial charge in [0.05, 0.1) is 0 Å². The zero-order chi connectivity index (χ0) is 16.6. The Balaban J connectivity index is 0. The molecule has 0 spiro atoms. The molecule has 0 amide bonds. The molecule has 0 unspecified atom stereocenters. The molecule has 0 aliphatic rings. The van der Waals surface area contributed by atoms with Crippen molar-refractivity contribution in [1.82, 2.24) is 0 Å². The molecular formula is C23H44. The third-order valence-corrected chi connectivity index (χ3v) is 4.44. The van der Waals surface area contributed by atoms with Crippen LogP contribution in [-0.2, 0) is 0 Å². The molecule has 0 heterocycles. The van der Waals surface area contributed by atoms with Crippen LogP contribution in [0, 0.1) is 5.92 Å². The molecule has 0 radical (unpaired) electrons. The van der Waals surface area contributed by atoms with E-state index in [2.05, 4.69) is 52.5 Å². The van der Waals surface area contributed by atoms with Crippen molar-refractivity contribution in [2.45, 2.75) is 106 Å². The highest BCUT2D eigenvalue weighted by Gasteiger charge is 2.09. The Bertz CT molecular complexity index is 313. The Morgan fingerprint density at radius 2 is 1.39 bits per heavy atom. The van der Waals surface area contributed by atoms with Crippen LogP contribution in [0.2, 0.25) is 0 Å². The summed E-state index contributed by atoms with van der Waals surface area (Å²) in [5, 5.41) is 0. The highest BCUT2D eigenvalue weighted by Crippen LogP contribution is 2.24. The molecule has 0 aliphatic carbocycles. The molecule has 0 N–H and O–H groups in total. The van der Waals surface area contributed by atoms with Crippen LogP contribution in [0.15, 0.2) is 36.0 Å². The van der Waals surface area contributed by atoms with E-state index in [0.717, 1.165) is 12.3 Å². The molecule has 0 aromatic heterocycles. The first-order valence-corrected chi connectivity index (χ1v) is 9.71. The minimum atomic E-state index is 0. The summed E-state index contributed by atoms with van der Waals surface area (Å²) >= 11 is 0. The Morgan fingerprint density at radius 3 is 1.91 bits per heavy atom. The first-order valence-electron chi connectivity index (χ1n) is 9.71. The normalized spacial score (nSPS) is 12.0. The summed E-state index contributed by atoms with van der Waals surface area (Å²) in [6.45, 7) is 13.3. The first kappa shape index (κ1) is 24.5. The zero-order valence-electron chi connectivity index (χ0n) is 15.8. The third kappa shape index (κ3) is 13.4. The topological polar surface area (TPSA) is 0 Å². The van der Waals surface area contributed by atoms with Gasteiger partial charge in [0.2, 0.25) is 0 Å². The number of unbranched alkanes of at least 4 members (excludes halogenated alkanes) is 5. The number of allylic oxidation sites excluding steroid dienone is 5. The Morgan fingerprint density at radius 1 is 0.826 bits per heavy atom. The fourth-order valence-electron chi connectivity index (χ4n) is 3.07. The van der Waals surface area contributed by atoms with E-state index < -0.39 is 0 Å². The summed E-state index contributed by atoms with van der Waals surface area (Å²) < 4.78 is 0. The summed E-state index contributed by atoms with van der Waals surface area (Å²) in [6, 6.07) is 0. The van der Waals surface area contributed by atoms with Gasteiger partial charge in [0, 0.05) is 0 Å². The van der Waals surface area contributed by atoms with Gasteiger partial charge in [-0.2, -0.15) is 0 Å². The van der Waals surface area contributed by atoms with Crippen molar-refractivity contribution in [2.75, 3.05) is 0 Å². The fourth-order valence-corrected chi connectivity index (χ4v) is 3.07. The summed E-state index contributed by atoms with van der Waals surface area (Å²) in [4.78, 5) is 0. The highest BCUT2D eigenvalue weighted by molar-refractivity contribution is 5.27. The van der Waals surface area contributed by atoms with Gasteiger partial charge >= 0.3 is 0 Å². The van der Waals surface area contributed by atoms with Gasteiger partial charge in [-0.05, 0) is 44.1 Å². The molecule has 0 aromatic carbocycles. The van der Waals surface area contributed by atoms with Gasteiger partial charge in [0.1, 0.15) is 0 Å². The lowest BCUT2D eigenvalue weighted by Crippen LogP contribution is -2.02. The van der Waals surface area contributed by atoms with Gasteiger partial charge in [-0.15, -0.1) is 0 Å². The second-order valence-electron chi connectivity index (χ2n) is 6.57. The van der Waals surface area contributed by atoms with Crippen LogP contribution in [-0.4, -0.2) is 0 Å². The predicted octanol–water partition coefficient (Wildman–Crippen LogP) is 8.65. The molecule has 0 saturated heterocycles. The second kappa shape index (κ2) is 17.6. The fraction of sp³-hybridized carbons (Fsp3) is 0.739. The maximum atomic E-state index is 4.23. The van der Waals surface area contributed by atoms with E-state index in [0.29, 0.717) is 0 Å². The first-order chi connectivity index (χ1) is 10.7. The maximum Gasteiger partial charge on any atom is -0.0165 e. The van der Waals surface area contributed by atoms with Crippen LogP contribution < -0.4 is 0 Å². The quantitative estimate of drug-likeness (QED) is 0.222. The molecule has 0 aromatic rings. The molecule has 0 saturated carbocycles. The van der Waals surface area contributed by atoms with E-state index in [-0.39, 0.29) is 7.43 Å². The maximum absolute atomic E-state index is 4.23. The monoisotopic (exact) mass is 320 g/mol. The van der Waals surface area contributed by atoms with Crippen molar-refractivity contribution in [3.05, 3.63) is 36.0 Å². The minimum absolute atomic E-state index is 0. The molecule has 0 nitrogen and oxygen atoms in total. The Hall–Kier alpha value is -0.780. The van der Waals surface area contributed by atoms with Crippen molar-refractivity contribution in [1.29, 1.82) is 0 Å².